The quantitative estimate of drug-likeness (QED) is 0.712. The van der Waals surface area contributed by atoms with Crippen molar-refractivity contribution in [3.63, 3.8) is 0 Å². The number of amides is 1. The van der Waals surface area contributed by atoms with Crippen LogP contribution in [0, 0.1) is 6.92 Å². The minimum atomic E-state index is -3.63. The van der Waals surface area contributed by atoms with Crippen molar-refractivity contribution < 1.29 is 17.7 Å². The molecule has 0 saturated carbocycles. The largest absolute Gasteiger partial charge is 0.360 e. The van der Waals surface area contributed by atoms with Gasteiger partial charge in [0.05, 0.1) is 4.90 Å². The van der Waals surface area contributed by atoms with Crippen LogP contribution in [0.5, 0.6) is 0 Å². The van der Waals surface area contributed by atoms with Crippen LogP contribution in [0.3, 0.4) is 0 Å². The second kappa shape index (κ2) is 8.07. The van der Waals surface area contributed by atoms with Crippen LogP contribution >= 0.6 is 0 Å². The molecule has 2 N–H and O–H groups in total. The molecular weight excluding hydrogens is 330 g/mol. The van der Waals surface area contributed by atoms with Crippen LogP contribution in [-0.2, 0) is 10.0 Å². The number of rotatable bonds is 8. The predicted molar refractivity (Wildman–Crippen MR) is 90.3 cm³/mol. The molecule has 24 heavy (non-hydrogen) atoms. The number of carbonyl (C=O) groups excluding carboxylic acids is 1. The molecule has 1 aromatic carbocycles. The van der Waals surface area contributed by atoms with Gasteiger partial charge < -0.3 is 9.84 Å². The number of unbranched alkanes of at least 4 members (excludes halogenated alkanes) is 2. The second-order valence-corrected chi connectivity index (χ2v) is 7.18. The van der Waals surface area contributed by atoms with Crippen molar-refractivity contribution in [2.45, 2.75) is 38.0 Å². The molecule has 0 aliphatic rings. The zero-order chi connectivity index (χ0) is 17.6. The molecule has 0 bridgehead atoms. The Labute approximate surface area is 141 Å². The number of anilines is 1. The lowest BCUT2D eigenvalue weighted by atomic mass is 10.2. The van der Waals surface area contributed by atoms with E-state index in [-0.39, 0.29) is 16.3 Å². The third-order valence-corrected chi connectivity index (χ3v) is 4.81. The van der Waals surface area contributed by atoms with E-state index in [0.29, 0.717) is 12.3 Å². The molecule has 0 spiro atoms. The highest BCUT2D eigenvalue weighted by molar-refractivity contribution is 7.89. The first kappa shape index (κ1) is 18.2. The molecule has 0 unspecified atom stereocenters. The molecular formula is C16H21N3O4S. The summed E-state index contributed by atoms with van der Waals surface area (Å²) in [5.41, 5.74) is 0.229. The molecule has 0 aliphatic heterocycles. The summed E-state index contributed by atoms with van der Waals surface area (Å²) in [5, 5.41) is 6.23. The zero-order valence-corrected chi connectivity index (χ0v) is 14.5. The summed E-state index contributed by atoms with van der Waals surface area (Å²) in [6.07, 6.45) is 2.75. The Bertz CT molecular complexity index is 799. The van der Waals surface area contributed by atoms with Gasteiger partial charge in [0.2, 0.25) is 10.0 Å². The fraction of sp³-hybridized carbons (Fsp3) is 0.375. The molecule has 2 rings (SSSR count). The number of hydrogen-bond donors (Lipinski definition) is 2. The fourth-order valence-electron chi connectivity index (χ4n) is 2.08. The first-order valence-electron chi connectivity index (χ1n) is 7.77. The number of carbonyl (C=O) groups is 1. The highest BCUT2D eigenvalue weighted by atomic mass is 32.2. The van der Waals surface area contributed by atoms with Gasteiger partial charge in [0.1, 0.15) is 5.76 Å². The summed E-state index contributed by atoms with van der Waals surface area (Å²) in [6, 6.07) is 7.44. The molecule has 0 atom stereocenters. The molecule has 0 aliphatic carbocycles. The van der Waals surface area contributed by atoms with Gasteiger partial charge in [0.25, 0.3) is 5.91 Å². The number of nitrogens with zero attached hydrogens (tertiary/aromatic N) is 1. The van der Waals surface area contributed by atoms with E-state index in [1.165, 1.54) is 18.2 Å². The fourth-order valence-corrected chi connectivity index (χ4v) is 3.20. The Kier molecular flexibility index (Phi) is 6.10. The van der Waals surface area contributed by atoms with Gasteiger partial charge in [-0.1, -0.05) is 31.0 Å². The van der Waals surface area contributed by atoms with Crippen LogP contribution in [0.15, 0.2) is 39.8 Å². The van der Waals surface area contributed by atoms with E-state index in [2.05, 4.69) is 15.2 Å². The van der Waals surface area contributed by atoms with Crippen LogP contribution in [0.2, 0.25) is 0 Å². The lowest BCUT2D eigenvalue weighted by Crippen LogP contribution is -2.25. The average Bonchev–Trinajstić information content (AvgIpc) is 2.96. The smallest absolute Gasteiger partial charge is 0.256 e. The highest BCUT2D eigenvalue weighted by Gasteiger charge is 2.16. The van der Waals surface area contributed by atoms with Gasteiger partial charge >= 0.3 is 0 Å². The number of sulfonamides is 1. The number of nitrogens with one attached hydrogen (secondary N) is 2. The molecule has 1 heterocycles. The Morgan fingerprint density at radius 3 is 2.71 bits per heavy atom. The molecule has 130 valence electrons. The van der Waals surface area contributed by atoms with E-state index in [9.17, 15) is 13.2 Å². The molecule has 2 aromatic rings. The van der Waals surface area contributed by atoms with Crippen LogP contribution < -0.4 is 10.0 Å². The first-order chi connectivity index (χ1) is 11.4. The van der Waals surface area contributed by atoms with Gasteiger partial charge in [-0.25, -0.2) is 13.1 Å². The number of aromatic nitrogens is 1. The van der Waals surface area contributed by atoms with Gasteiger partial charge in [0.15, 0.2) is 5.82 Å². The maximum atomic E-state index is 12.3. The summed E-state index contributed by atoms with van der Waals surface area (Å²) < 4.78 is 31.9. The standard InChI is InChI=1S/C16H21N3O4S/c1-3-4-5-9-17-24(21,22)14-8-6-7-13(11-14)16(20)18-15-10-12(2)23-19-15/h6-8,10-11,17H,3-5,9H2,1-2H3,(H,18,19,20). The van der Waals surface area contributed by atoms with Gasteiger partial charge in [0, 0.05) is 18.2 Å². The summed E-state index contributed by atoms with van der Waals surface area (Å²) in [7, 11) is -3.63. The normalized spacial score (nSPS) is 11.4. The van der Waals surface area contributed by atoms with Gasteiger partial charge in [-0.05, 0) is 31.5 Å². The van der Waals surface area contributed by atoms with Crippen molar-refractivity contribution in [2.75, 3.05) is 11.9 Å². The summed E-state index contributed by atoms with van der Waals surface area (Å²) >= 11 is 0. The van der Waals surface area contributed by atoms with E-state index >= 15 is 0 Å². The summed E-state index contributed by atoms with van der Waals surface area (Å²) in [4.78, 5) is 12.3. The van der Waals surface area contributed by atoms with Crippen molar-refractivity contribution in [1.82, 2.24) is 9.88 Å². The third-order valence-electron chi connectivity index (χ3n) is 3.35. The van der Waals surface area contributed by atoms with Crippen molar-refractivity contribution >= 4 is 21.7 Å². The van der Waals surface area contributed by atoms with Crippen LogP contribution in [0.1, 0.15) is 42.3 Å². The third kappa shape index (κ3) is 4.90. The molecule has 0 fully saturated rings. The van der Waals surface area contributed by atoms with Crippen LogP contribution in [-0.4, -0.2) is 26.0 Å². The topological polar surface area (TPSA) is 101 Å². The van der Waals surface area contributed by atoms with Gasteiger partial charge in [-0.3, -0.25) is 4.79 Å². The number of benzene rings is 1. The van der Waals surface area contributed by atoms with Crippen molar-refractivity contribution in [2.24, 2.45) is 0 Å². The predicted octanol–water partition coefficient (Wildman–Crippen LogP) is 2.70. The molecule has 0 radical (unpaired) electrons. The Balaban J connectivity index is 2.08. The highest BCUT2D eigenvalue weighted by Crippen LogP contribution is 2.14. The van der Waals surface area contributed by atoms with E-state index in [4.69, 9.17) is 4.52 Å². The Morgan fingerprint density at radius 2 is 2.04 bits per heavy atom. The number of hydrogen-bond acceptors (Lipinski definition) is 5. The lowest BCUT2D eigenvalue weighted by Gasteiger charge is -2.08. The molecule has 0 saturated heterocycles. The van der Waals surface area contributed by atoms with Gasteiger partial charge in [-0.2, -0.15) is 0 Å². The van der Waals surface area contributed by atoms with Crippen molar-refractivity contribution in [3.05, 3.63) is 41.7 Å². The number of aryl methyl sites for hydroxylation is 1. The van der Waals surface area contributed by atoms with Crippen LogP contribution in [0.25, 0.3) is 0 Å². The zero-order valence-electron chi connectivity index (χ0n) is 13.7. The summed E-state index contributed by atoms with van der Waals surface area (Å²) in [5.74, 6) is 0.396. The van der Waals surface area contributed by atoms with E-state index in [0.717, 1.165) is 19.3 Å². The van der Waals surface area contributed by atoms with Gasteiger partial charge in [-0.15, -0.1) is 0 Å². The Hall–Kier alpha value is -2.19. The van der Waals surface area contributed by atoms with Crippen LogP contribution in [0.4, 0.5) is 5.82 Å². The van der Waals surface area contributed by atoms with E-state index in [1.54, 1.807) is 19.1 Å². The van der Waals surface area contributed by atoms with Crippen molar-refractivity contribution in [1.29, 1.82) is 0 Å². The second-order valence-electron chi connectivity index (χ2n) is 5.41. The average molecular weight is 351 g/mol. The minimum absolute atomic E-state index is 0.0583. The van der Waals surface area contributed by atoms with Crippen molar-refractivity contribution in [3.8, 4) is 0 Å². The van der Waals surface area contributed by atoms with E-state index in [1.807, 2.05) is 6.92 Å². The summed E-state index contributed by atoms with van der Waals surface area (Å²) in [6.45, 7) is 4.14. The lowest BCUT2D eigenvalue weighted by molar-refractivity contribution is 0.102. The van der Waals surface area contributed by atoms with E-state index < -0.39 is 15.9 Å². The Morgan fingerprint density at radius 1 is 1.25 bits per heavy atom. The minimum Gasteiger partial charge on any atom is -0.360 e. The maximum Gasteiger partial charge on any atom is 0.256 e. The first-order valence-corrected chi connectivity index (χ1v) is 9.25. The SMILES string of the molecule is CCCCCNS(=O)(=O)c1cccc(C(=O)Nc2cc(C)on2)c1. The molecule has 1 aromatic heterocycles. The maximum absolute atomic E-state index is 12.3. The molecule has 7 nitrogen and oxygen atoms in total. The molecule has 1 amide bonds. The monoisotopic (exact) mass is 351 g/mol. The molecule has 8 heteroatoms.